The van der Waals surface area contributed by atoms with Crippen LogP contribution < -0.4 is 0 Å². The van der Waals surface area contributed by atoms with Crippen molar-refractivity contribution in [3.63, 3.8) is 0 Å². The Morgan fingerprint density at radius 1 is 1.06 bits per heavy atom. The van der Waals surface area contributed by atoms with E-state index in [1.807, 2.05) is 0 Å². The van der Waals surface area contributed by atoms with Crippen LogP contribution in [0, 0.1) is 5.41 Å². The molecular weight excluding hydrogens is 196 g/mol. The van der Waals surface area contributed by atoms with Gasteiger partial charge in [-0.2, -0.15) is 0 Å². The lowest BCUT2D eigenvalue weighted by Crippen LogP contribution is -2.49. The number of likely N-dealkylation sites (N-methyl/N-ethyl adjacent to an activating group) is 2. The molecule has 0 aliphatic rings. The zero-order chi connectivity index (χ0) is 13.0. The number of hydrogen-bond donors (Lipinski definition) is 0. The van der Waals surface area contributed by atoms with E-state index < -0.39 is 0 Å². The minimum Gasteiger partial charge on any atom is -0.325 e. The summed E-state index contributed by atoms with van der Waals surface area (Å²) in [6, 6.07) is 0.705. The molecule has 16 heavy (non-hydrogen) atoms. The third kappa shape index (κ3) is 7.24. The Morgan fingerprint density at radius 3 is 1.94 bits per heavy atom. The van der Waals surface area contributed by atoms with Crippen LogP contribution in [0.1, 0.15) is 41.0 Å². The van der Waals surface area contributed by atoms with Crippen LogP contribution in [0.4, 0.5) is 0 Å². The number of rotatable bonds is 6. The minimum atomic E-state index is 0.455. The molecule has 0 aliphatic heterocycles. The van der Waals surface area contributed by atoms with Crippen LogP contribution in [0.2, 0.25) is 0 Å². The van der Waals surface area contributed by atoms with Crippen LogP contribution in [0.15, 0.2) is 0 Å². The van der Waals surface area contributed by atoms with Crippen LogP contribution in [0.25, 0.3) is 0 Å². The van der Waals surface area contributed by atoms with Gasteiger partial charge in [0.05, 0.1) is 26.7 Å². The first-order valence-electron chi connectivity index (χ1n) is 6.56. The molecule has 98 valence electrons. The molecule has 0 saturated heterocycles. The predicted molar refractivity (Wildman–Crippen MR) is 73.7 cm³/mol. The summed E-state index contributed by atoms with van der Waals surface area (Å²) in [6.45, 7) is 15.2. The maximum atomic E-state index is 2.47. The van der Waals surface area contributed by atoms with Gasteiger partial charge in [-0.3, -0.25) is 0 Å². The van der Waals surface area contributed by atoms with Crippen molar-refractivity contribution >= 4 is 0 Å². The SMILES string of the molecule is CC(C)[N+](C)(C)CCN(C)CCC(C)(C)C. The lowest BCUT2D eigenvalue weighted by molar-refractivity contribution is -0.910. The van der Waals surface area contributed by atoms with Crippen molar-refractivity contribution in [3.8, 4) is 0 Å². The second-order valence-electron chi connectivity index (χ2n) is 7.21. The van der Waals surface area contributed by atoms with Crippen molar-refractivity contribution in [1.29, 1.82) is 0 Å². The first-order valence-corrected chi connectivity index (χ1v) is 6.56. The molecule has 0 unspecified atom stereocenters. The average Bonchev–Trinajstić information content (AvgIpc) is 2.10. The molecule has 0 fully saturated rings. The molecule has 0 aliphatic carbocycles. The lowest BCUT2D eigenvalue weighted by Gasteiger charge is -2.36. The van der Waals surface area contributed by atoms with Crippen LogP contribution in [0.5, 0.6) is 0 Å². The third-order valence-corrected chi connectivity index (χ3v) is 3.70. The quantitative estimate of drug-likeness (QED) is 0.633. The van der Waals surface area contributed by atoms with E-state index in [1.165, 1.54) is 26.1 Å². The first kappa shape index (κ1) is 15.9. The van der Waals surface area contributed by atoms with E-state index in [-0.39, 0.29) is 0 Å². The first-order chi connectivity index (χ1) is 7.04. The Labute approximate surface area is 103 Å². The standard InChI is InChI=1S/C14H33N2/c1-13(2)16(7,8)12-11-15(6)10-9-14(3,4)5/h13H,9-12H2,1-8H3/q+1. The summed E-state index contributed by atoms with van der Waals surface area (Å²) in [7, 11) is 6.89. The van der Waals surface area contributed by atoms with Gasteiger partial charge in [0.15, 0.2) is 0 Å². The summed E-state index contributed by atoms with van der Waals surface area (Å²) in [6.07, 6.45) is 1.28. The predicted octanol–water partition coefficient (Wildman–Crippen LogP) is 2.84. The van der Waals surface area contributed by atoms with E-state index in [0.717, 1.165) is 4.48 Å². The van der Waals surface area contributed by atoms with Crippen molar-refractivity contribution in [3.05, 3.63) is 0 Å². The normalized spacial score (nSPS) is 13.9. The van der Waals surface area contributed by atoms with Crippen LogP contribution in [-0.4, -0.2) is 56.2 Å². The Balaban J connectivity index is 3.86. The second-order valence-corrected chi connectivity index (χ2v) is 7.21. The molecule has 0 atom stereocenters. The van der Waals surface area contributed by atoms with Gasteiger partial charge in [-0.05, 0) is 39.3 Å². The molecule has 0 heterocycles. The summed E-state index contributed by atoms with van der Waals surface area (Å²) in [5, 5.41) is 0. The van der Waals surface area contributed by atoms with E-state index in [0.29, 0.717) is 11.5 Å². The fourth-order valence-electron chi connectivity index (χ4n) is 1.32. The van der Waals surface area contributed by atoms with Crippen LogP contribution in [0.3, 0.4) is 0 Å². The molecule has 0 spiro atoms. The summed E-state index contributed by atoms with van der Waals surface area (Å²) in [5.74, 6) is 0. The molecule has 0 aromatic carbocycles. The van der Waals surface area contributed by atoms with Gasteiger partial charge < -0.3 is 9.38 Å². The van der Waals surface area contributed by atoms with Gasteiger partial charge >= 0.3 is 0 Å². The molecule has 0 N–H and O–H groups in total. The molecule has 0 bridgehead atoms. The van der Waals surface area contributed by atoms with Gasteiger partial charge in [-0.15, -0.1) is 0 Å². The van der Waals surface area contributed by atoms with Gasteiger partial charge in [0.25, 0.3) is 0 Å². The summed E-state index contributed by atoms with van der Waals surface area (Å²) < 4.78 is 1.11. The topological polar surface area (TPSA) is 3.24 Å². The van der Waals surface area contributed by atoms with E-state index in [9.17, 15) is 0 Å². The van der Waals surface area contributed by atoms with Gasteiger partial charge in [-0.25, -0.2) is 0 Å². The van der Waals surface area contributed by atoms with Crippen molar-refractivity contribution in [2.45, 2.75) is 47.1 Å². The number of quaternary nitrogens is 1. The molecule has 2 heteroatoms. The Bertz CT molecular complexity index is 189. The monoisotopic (exact) mass is 229 g/mol. The van der Waals surface area contributed by atoms with Crippen molar-refractivity contribution in [2.75, 3.05) is 40.8 Å². The highest BCUT2D eigenvalue weighted by Crippen LogP contribution is 2.18. The molecular formula is C14H33N2+. The second kappa shape index (κ2) is 6.02. The van der Waals surface area contributed by atoms with E-state index >= 15 is 0 Å². The Morgan fingerprint density at radius 2 is 1.56 bits per heavy atom. The Kier molecular flexibility index (Phi) is 5.99. The van der Waals surface area contributed by atoms with Crippen molar-refractivity contribution in [1.82, 2.24) is 4.90 Å². The van der Waals surface area contributed by atoms with Crippen molar-refractivity contribution in [2.24, 2.45) is 5.41 Å². The highest BCUT2D eigenvalue weighted by molar-refractivity contribution is 4.64. The summed E-state index contributed by atoms with van der Waals surface area (Å²) in [5.41, 5.74) is 0.455. The van der Waals surface area contributed by atoms with Crippen LogP contribution in [-0.2, 0) is 0 Å². The number of nitrogens with zero attached hydrogens (tertiary/aromatic N) is 2. The molecule has 0 amide bonds. The average molecular weight is 229 g/mol. The zero-order valence-electron chi connectivity index (χ0n) is 12.8. The highest BCUT2D eigenvalue weighted by Gasteiger charge is 2.20. The third-order valence-electron chi connectivity index (χ3n) is 3.70. The van der Waals surface area contributed by atoms with Gasteiger partial charge in [0.2, 0.25) is 0 Å². The fraction of sp³-hybridized carbons (Fsp3) is 1.00. The number of hydrogen-bond acceptors (Lipinski definition) is 1. The van der Waals surface area contributed by atoms with Gasteiger partial charge in [0.1, 0.15) is 0 Å². The maximum absolute atomic E-state index is 2.47. The van der Waals surface area contributed by atoms with Crippen molar-refractivity contribution < 1.29 is 4.48 Å². The molecule has 2 nitrogen and oxygen atoms in total. The van der Waals surface area contributed by atoms with Gasteiger partial charge in [0, 0.05) is 6.54 Å². The zero-order valence-corrected chi connectivity index (χ0v) is 12.8. The highest BCUT2D eigenvalue weighted by atomic mass is 15.3. The van der Waals surface area contributed by atoms with Gasteiger partial charge in [-0.1, -0.05) is 20.8 Å². The molecule has 0 radical (unpaired) electrons. The smallest absolute Gasteiger partial charge is 0.0913 e. The fourth-order valence-corrected chi connectivity index (χ4v) is 1.32. The Hall–Kier alpha value is -0.0800. The summed E-state index contributed by atoms with van der Waals surface area (Å²) >= 11 is 0. The maximum Gasteiger partial charge on any atom is 0.0913 e. The van der Waals surface area contributed by atoms with Crippen LogP contribution >= 0.6 is 0 Å². The largest absolute Gasteiger partial charge is 0.325 e. The van der Waals surface area contributed by atoms with E-state index in [1.54, 1.807) is 0 Å². The summed E-state index contributed by atoms with van der Waals surface area (Å²) in [4.78, 5) is 2.47. The molecule has 0 aromatic rings. The lowest BCUT2D eigenvalue weighted by atomic mass is 9.92. The molecule has 0 rings (SSSR count). The minimum absolute atomic E-state index is 0.455. The van der Waals surface area contributed by atoms with E-state index in [2.05, 4.69) is 60.7 Å². The molecule has 0 aromatic heterocycles. The molecule has 0 saturated carbocycles. The van der Waals surface area contributed by atoms with E-state index in [4.69, 9.17) is 0 Å².